The van der Waals surface area contributed by atoms with Crippen molar-refractivity contribution in [3.8, 4) is 11.4 Å². The highest BCUT2D eigenvalue weighted by atomic mass is 16.5. The summed E-state index contributed by atoms with van der Waals surface area (Å²) in [5.74, 6) is 0.197. The monoisotopic (exact) mass is 449 g/mol. The smallest absolute Gasteiger partial charge is 0.251 e. The molecule has 9 heteroatoms. The number of benzene rings is 2. The van der Waals surface area contributed by atoms with Crippen LogP contribution in [0.4, 0.5) is 0 Å². The summed E-state index contributed by atoms with van der Waals surface area (Å²) in [6, 6.07) is 14.7. The molecule has 3 rings (SSSR count). The molecule has 0 aliphatic rings. The number of aromatic nitrogens is 2. The van der Waals surface area contributed by atoms with Gasteiger partial charge in [0.05, 0.1) is 6.54 Å². The van der Waals surface area contributed by atoms with Crippen LogP contribution in [0.15, 0.2) is 53.1 Å². The van der Waals surface area contributed by atoms with Gasteiger partial charge >= 0.3 is 0 Å². The predicted molar refractivity (Wildman–Crippen MR) is 122 cm³/mol. The second kappa shape index (κ2) is 11.0. The Balaban J connectivity index is 1.44. The third-order valence-electron chi connectivity index (χ3n) is 5.00. The fraction of sp³-hybridized carbons (Fsp3) is 0.292. The van der Waals surface area contributed by atoms with Gasteiger partial charge in [-0.25, -0.2) is 0 Å². The Morgan fingerprint density at radius 3 is 2.33 bits per heavy atom. The van der Waals surface area contributed by atoms with Crippen molar-refractivity contribution in [2.45, 2.75) is 39.2 Å². The molecular formula is C24H27N5O4. The molecule has 0 bridgehead atoms. The fourth-order valence-corrected chi connectivity index (χ4v) is 3.04. The van der Waals surface area contributed by atoms with Crippen molar-refractivity contribution in [1.29, 1.82) is 0 Å². The zero-order chi connectivity index (χ0) is 23.8. The largest absolute Gasteiger partial charge is 0.368 e. The molecule has 0 fully saturated rings. The van der Waals surface area contributed by atoms with Crippen molar-refractivity contribution in [3.63, 3.8) is 0 Å². The molecule has 3 aromatic rings. The first-order valence-electron chi connectivity index (χ1n) is 10.7. The maximum atomic E-state index is 12.2. The minimum Gasteiger partial charge on any atom is -0.368 e. The van der Waals surface area contributed by atoms with E-state index in [2.05, 4.69) is 34.6 Å². The second-order valence-corrected chi connectivity index (χ2v) is 7.91. The molecule has 33 heavy (non-hydrogen) atoms. The minimum absolute atomic E-state index is 0.153. The van der Waals surface area contributed by atoms with Gasteiger partial charge in [0.15, 0.2) is 0 Å². The van der Waals surface area contributed by atoms with Gasteiger partial charge in [0.2, 0.25) is 23.5 Å². The Kier molecular flexibility index (Phi) is 7.91. The lowest BCUT2D eigenvalue weighted by Gasteiger charge is -2.06. The number of hydrogen-bond acceptors (Lipinski definition) is 6. The Morgan fingerprint density at radius 2 is 1.70 bits per heavy atom. The van der Waals surface area contributed by atoms with Crippen LogP contribution >= 0.6 is 0 Å². The third-order valence-corrected chi connectivity index (χ3v) is 5.00. The van der Waals surface area contributed by atoms with Crippen molar-refractivity contribution in [2.24, 2.45) is 5.73 Å². The van der Waals surface area contributed by atoms with E-state index in [1.165, 1.54) is 5.56 Å². The van der Waals surface area contributed by atoms with Gasteiger partial charge in [-0.3, -0.25) is 14.4 Å². The number of nitrogens with one attached hydrogen (secondary N) is 2. The lowest BCUT2D eigenvalue weighted by molar-refractivity contribution is -0.121. The van der Waals surface area contributed by atoms with Gasteiger partial charge in [-0.05, 0) is 29.2 Å². The van der Waals surface area contributed by atoms with E-state index in [-0.39, 0.29) is 24.8 Å². The molecule has 0 spiro atoms. The molecule has 0 radical (unpaired) electrons. The molecule has 1 aromatic heterocycles. The minimum atomic E-state index is -0.611. The molecule has 3 amide bonds. The highest BCUT2D eigenvalue weighted by molar-refractivity contribution is 5.96. The Morgan fingerprint density at radius 1 is 1.00 bits per heavy atom. The van der Waals surface area contributed by atoms with Crippen LogP contribution in [-0.2, 0) is 22.6 Å². The maximum Gasteiger partial charge on any atom is 0.251 e. The summed E-state index contributed by atoms with van der Waals surface area (Å²) >= 11 is 0. The second-order valence-electron chi connectivity index (χ2n) is 7.91. The number of nitrogens with zero attached hydrogens (tertiary/aromatic N) is 2. The number of primary amides is 1. The molecule has 0 unspecified atom stereocenters. The molecule has 0 saturated heterocycles. The van der Waals surface area contributed by atoms with Crippen LogP contribution in [0.25, 0.3) is 11.4 Å². The first-order valence-corrected chi connectivity index (χ1v) is 10.7. The molecule has 0 saturated carbocycles. The molecular weight excluding hydrogens is 422 g/mol. The van der Waals surface area contributed by atoms with E-state index in [1.54, 1.807) is 24.3 Å². The molecule has 0 atom stereocenters. The van der Waals surface area contributed by atoms with Crippen molar-refractivity contribution in [1.82, 2.24) is 20.8 Å². The molecule has 172 valence electrons. The van der Waals surface area contributed by atoms with Gasteiger partial charge in [-0.1, -0.05) is 55.4 Å². The summed E-state index contributed by atoms with van der Waals surface area (Å²) in [5.41, 5.74) is 8.34. The van der Waals surface area contributed by atoms with Gasteiger partial charge in [0, 0.05) is 30.5 Å². The number of aryl methyl sites for hydroxylation is 1. The lowest BCUT2D eigenvalue weighted by Crippen LogP contribution is -2.33. The number of carbonyl (C=O) groups is 3. The van der Waals surface area contributed by atoms with Gasteiger partial charge < -0.3 is 20.9 Å². The van der Waals surface area contributed by atoms with Crippen LogP contribution in [0.3, 0.4) is 0 Å². The van der Waals surface area contributed by atoms with Crippen molar-refractivity contribution >= 4 is 17.7 Å². The topological polar surface area (TPSA) is 140 Å². The number of rotatable bonds is 10. The quantitative estimate of drug-likeness (QED) is 0.434. The molecule has 0 aliphatic carbocycles. The molecule has 4 N–H and O–H groups in total. The van der Waals surface area contributed by atoms with Crippen LogP contribution in [0.5, 0.6) is 0 Å². The summed E-state index contributed by atoms with van der Waals surface area (Å²) in [7, 11) is 0. The average molecular weight is 450 g/mol. The van der Waals surface area contributed by atoms with E-state index in [0.29, 0.717) is 36.2 Å². The fourth-order valence-electron chi connectivity index (χ4n) is 3.04. The molecule has 9 nitrogen and oxygen atoms in total. The van der Waals surface area contributed by atoms with E-state index in [1.807, 2.05) is 24.3 Å². The summed E-state index contributed by atoms with van der Waals surface area (Å²) in [6.07, 6.45) is 0.545. The summed E-state index contributed by atoms with van der Waals surface area (Å²) in [4.78, 5) is 39.2. The number of amides is 3. The third kappa shape index (κ3) is 6.99. The lowest BCUT2D eigenvalue weighted by atomic mass is 10.0. The standard InChI is InChI=1S/C24H27N5O4/c1-15(2)17-7-9-18(10-8-17)23-28-22(33-29-23)12-11-21(31)26-13-16-3-5-19(6-4-16)24(32)27-14-20(25)30/h3-10,15H,11-14H2,1-2H3,(H2,25,30)(H,26,31)(H,27,32). The van der Waals surface area contributed by atoms with Crippen molar-refractivity contribution < 1.29 is 18.9 Å². The molecule has 2 aromatic carbocycles. The van der Waals surface area contributed by atoms with Crippen molar-refractivity contribution in [3.05, 3.63) is 71.1 Å². The number of carbonyl (C=O) groups excluding carboxylic acids is 3. The van der Waals surface area contributed by atoms with Crippen LogP contribution in [-0.4, -0.2) is 34.4 Å². The van der Waals surface area contributed by atoms with Crippen LogP contribution < -0.4 is 16.4 Å². The van der Waals surface area contributed by atoms with E-state index in [0.717, 1.165) is 11.1 Å². The SMILES string of the molecule is CC(C)c1ccc(-c2noc(CCC(=O)NCc3ccc(C(=O)NCC(N)=O)cc3)n2)cc1. The molecule has 1 heterocycles. The summed E-state index contributed by atoms with van der Waals surface area (Å²) in [6.45, 7) is 4.37. The van der Waals surface area contributed by atoms with E-state index in [9.17, 15) is 14.4 Å². The number of hydrogen-bond donors (Lipinski definition) is 3. The predicted octanol–water partition coefficient (Wildman–Crippen LogP) is 2.32. The van der Waals surface area contributed by atoms with Crippen LogP contribution in [0.2, 0.25) is 0 Å². The van der Waals surface area contributed by atoms with E-state index >= 15 is 0 Å². The number of nitrogens with two attached hydrogens (primary N) is 1. The van der Waals surface area contributed by atoms with Crippen LogP contribution in [0.1, 0.15) is 53.6 Å². The van der Waals surface area contributed by atoms with Gasteiger partial charge in [0.25, 0.3) is 5.91 Å². The Hall–Kier alpha value is -4.01. The maximum absolute atomic E-state index is 12.2. The van der Waals surface area contributed by atoms with Crippen molar-refractivity contribution in [2.75, 3.05) is 6.54 Å². The Bertz CT molecular complexity index is 1100. The zero-order valence-corrected chi connectivity index (χ0v) is 18.6. The summed E-state index contributed by atoms with van der Waals surface area (Å²) < 4.78 is 5.27. The molecule has 0 aliphatic heterocycles. The highest BCUT2D eigenvalue weighted by Gasteiger charge is 2.12. The highest BCUT2D eigenvalue weighted by Crippen LogP contribution is 2.20. The first-order chi connectivity index (χ1) is 15.8. The average Bonchev–Trinajstić information content (AvgIpc) is 3.29. The van der Waals surface area contributed by atoms with Crippen LogP contribution in [0, 0.1) is 0 Å². The normalized spacial score (nSPS) is 10.8. The summed E-state index contributed by atoms with van der Waals surface area (Å²) in [5, 5.41) is 9.24. The van der Waals surface area contributed by atoms with E-state index in [4.69, 9.17) is 10.3 Å². The first kappa shape index (κ1) is 23.6. The Labute approximate surface area is 191 Å². The van der Waals surface area contributed by atoms with Gasteiger partial charge in [0.1, 0.15) is 0 Å². The van der Waals surface area contributed by atoms with Gasteiger partial charge in [-0.15, -0.1) is 0 Å². The van der Waals surface area contributed by atoms with E-state index < -0.39 is 5.91 Å². The zero-order valence-electron chi connectivity index (χ0n) is 18.6. The van der Waals surface area contributed by atoms with Gasteiger partial charge in [-0.2, -0.15) is 4.98 Å².